The van der Waals surface area contributed by atoms with E-state index >= 15 is 0 Å². The molecule has 0 bridgehead atoms. The van der Waals surface area contributed by atoms with Crippen LogP contribution < -0.4 is 11.1 Å². The summed E-state index contributed by atoms with van der Waals surface area (Å²) in [5.74, 6) is -0.374. The lowest BCUT2D eigenvalue weighted by atomic mass is 9.96. The summed E-state index contributed by atoms with van der Waals surface area (Å²) in [5, 5.41) is 9.94. The summed E-state index contributed by atoms with van der Waals surface area (Å²) < 4.78 is 0. The first kappa shape index (κ1) is 20.8. The number of carbonyl (C=O) groups excluding carboxylic acids is 2. The number of benzene rings is 2. The maximum atomic E-state index is 12.5. The number of hydrogen-bond acceptors (Lipinski definition) is 4. The Morgan fingerprint density at radius 3 is 2.45 bits per heavy atom. The maximum absolute atomic E-state index is 12.5. The largest absolute Gasteiger partial charge is 0.369 e. The number of carbonyl (C=O) groups is 2. The topological polar surface area (TPSA) is 104 Å². The van der Waals surface area contributed by atoms with Crippen LogP contribution in [0.5, 0.6) is 0 Å². The molecule has 1 aromatic heterocycles. The van der Waals surface area contributed by atoms with Gasteiger partial charge in [-0.1, -0.05) is 42.5 Å². The van der Waals surface area contributed by atoms with Gasteiger partial charge in [0.2, 0.25) is 5.91 Å². The summed E-state index contributed by atoms with van der Waals surface area (Å²) in [7, 11) is 0. The van der Waals surface area contributed by atoms with Crippen molar-refractivity contribution < 1.29 is 9.59 Å². The number of H-pyrrole nitrogens is 1. The van der Waals surface area contributed by atoms with Crippen molar-refractivity contribution in [3.8, 4) is 11.3 Å². The molecular weight excluding hydrogens is 390 g/mol. The molecule has 2 heterocycles. The van der Waals surface area contributed by atoms with E-state index in [1.807, 2.05) is 54.6 Å². The first-order valence-electron chi connectivity index (χ1n) is 10.6. The average molecular weight is 418 g/mol. The molecule has 4 N–H and O–H groups in total. The van der Waals surface area contributed by atoms with E-state index in [1.54, 1.807) is 6.07 Å². The van der Waals surface area contributed by atoms with Crippen LogP contribution in [0.25, 0.3) is 11.3 Å². The van der Waals surface area contributed by atoms with E-state index in [0.717, 1.165) is 55.8 Å². The zero-order valence-electron chi connectivity index (χ0n) is 17.4. The zero-order valence-corrected chi connectivity index (χ0v) is 17.4. The third-order valence-corrected chi connectivity index (χ3v) is 5.81. The fraction of sp³-hybridized carbons (Fsp3) is 0.292. The van der Waals surface area contributed by atoms with Gasteiger partial charge in [-0.3, -0.25) is 14.7 Å². The molecule has 1 aliphatic heterocycles. The number of primary amides is 1. The van der Waals surface area contributed by atoms with Crippen LogP contribution in [0.4, 0.5) is 5.69 Å². The minimum Gasteiger partial charge on any atom is -0.369 e. The Bertz CT molecular complexity index is 1020. The number of hydrogen-bond donors (Lipinski definition) is 3. The summed E-state index contributed by atoms with van der Waals surface area (Å²) in [6, 6.07) is 19.4. The van der Waals surface area contributed by atoms with Crippen LogP contribution in [0.1, 0.15) is 28.9 Å². The van der Waals surface area contributed by atoms with Gasteiger partial charge < -0.3 is 16.0 Å². The second-order valence-electron chi connectivity index (χ2n) is 7.95. The van der Waals surface area contributed by atoms with Gasteiger partial charge >= 0.3 is 0 Å². The third-order valence-electron chi connectivity index (χ3n) is 5.81. The molecule has 0 saturated carbocycles. The molecule has 1 aliphatic rings. The van der Waals surface area contributed by atoms with Crippen molar-refractivity contribution >= 4 is 17.5 Å². The highest BCUT2D eigenvalue weighted by molar-refractivity contribution is 6.03. The molecule has 1 saturated heterocycles. The predicted octanol–water partition coefficient (Wildman–Crippen LogP) is 3.07. The molecule has 7 heteroatoms. The number of anilines is 1. The molecule has 0 aliphatic carbocycles. The Morgan fingerprint density at radius 2 is 1.77 bits per heavy atom. The van der Waals surface area contributed by atoms with E-state index in [1.165, 1.54) is 5.56 Å². The summed E-state index contributed by atoms with van der Waals surface area (Å²) >= 11 is 0. The molecule has 0 radical (unpaired) electrons. The van der Waals surface area contributed by atoms with Crippen LogP contribution in [0, 0.1) is 5.92 Å². The minimum absolute atomic E-state index is 0.0257. The fourth-order valence-corrected chi connectivity index (χ4v) is 3.88. The third kappa shape index (κ3) is 5.38. The molecule has 31 heavy (non-hydrogen) atoms. The Balaban J connectivity index is 1.27. The van der Waals surface area contributed by atoms with Gasteiger partial charge in [0.05, 0.1) is 5.69 Å². The van der Waals surface area contributed by atoms with Gasteiger partial charge in [0.15, 0.2) is 0 Å². The maximum Gasteiger partial charge on any atom is 0.273 e. The average Bonchev–Trinajstić information content (AvgIpc) is 3.30. The highest BCUT2D eigenvalue weighted by atomic mass is 16.2. The van der Waals surface area contributed by atoms with Crippen LogP contribution >= 0.6 is 0 Å². The second kappa shape index (κ2) is 9.57. The Morgan fingerprint density at radius 1 is 1.06 bits per heavy atom. The van der Waals surface area contributed by atoms with Crippen LogP contribution in [-0.2, 0) is 11.2 Å². The highest BCUT2D eigenvalue weighted by Gasteiger charge is 2.22. The number of aromatic amines is 1. The van der Waals surface area contributed by atoms with E-state index in [-0.39, 0.29) is 17.7 Å². The van der Waals surface area contributed by atoms with E-state index in [4.69, 9.17) is 5.73 Å². The molecule has 2 amide bonds. The Hall–Kier alpha value is -3.45. The molecule has 0 atom stereocenters. The number of nitrogens with two attached hydrogens (primary N) is 1. The van der Waals surface area contributed by atoms with Gasteiger partial charge in [0.25, 0.3) is 5.91 Å². The standard InChI is InChI=1S/C24H27N5O2/c25-23(30)19-11-14-29(15-12-19)13-10-17-6-8-20(9-7-17)26-24(31)22-16-21(27-28-22)18-4-2-1-3-5-18/h1-9,16,19H,10-15H2,(H2,25,30)(H,26,31)(H,27,28). The van der Waals surface area contributed by atoms with E-state index < -0.39 is 0 Å². The van der Waals surface area contributed by atoms with Gasteiger partial charge in [-0.2, -0.15) is 5.10 Å². The molecule has 2 aromatic carbocycles. The molecular formula is C24H27N5O2. The number of nitrogens with one attached hydrogen (secondary N) is 2. The fourth-order valence-electron chi connectivity index (χ4n) is 3.88. The molecule has 0 unspecified atom stereocenters. The first-order chi connectivity index (χ1) is 15.1. The zero-order chi connectivity index (χ0) is 21.6. The quantitative estimate of drug-likeness (QED) is 0.549. The van der Waals surface area contributed by atoms with Crippen molar-refractivity contribution in [2.75, 3.05) is 25.0 Å². The van der Waals surface area contributed by atoms with Crippen LogP contribution in [0.15, 0.2) is 60.7 Å². The number of piperidine rings is 1. The van der Waals surface area contributed by atoms with Crippen LogP contribution in [0.2, 0.25) is 0 Å². The summed E-state index contributed by atoms with van der Waals surface area (Å²) in [6.45, 7) is 2.78. The number of amides is 2. The van der Waals surface area contributed by atoms with Crippen molar-refractivity contribution in [2.24, 2.45) is 11.7 Å². The lowest BCUT2D eigenvalue weighted by Gasteiger charge is -2.30. The number of aromatic nitrogens is 2. The normalized spacial score (nSPS) is 15.0. The number of likely N-dealkylation sites (tertiary alicyclic amines) is 1. The Labute approximate surface area is 181 Å². The molecule has 1 fully saturated rings. The SMILES string of the molecule is NC(=O)C1CCN(CCc2ccc(NC(=O)c3cc(-c4ccccc4)n[nH]3)cc2)CC1. The molecule has 0 spiro atoms. The van der Waals surface area contributed by atoms with Crippen molar-refractivity contribution in [1.82, 2.24) is 15.1 Å². The first-order valence-corrected chi connectivity index (χ1v) is 10.6. The second-order valence-corrected chi connectivity index (χ2v) is 7.95. The summed E-state index contributed by atoms with van der Waals surface area (Å²) in [4.78, 5) is 26.2. The number of rotatable bonds is 7. The number of nitrogens with zero attached hydrogens (tertiary/aromatic N) is 2. The van der Waals surface area contributed by atoms with Crippen molar-refractivity contribution in [1.29, 1.82) is 0 Å². The molecule has 4 rings (SSSR count). The minimum atomic E-state index is -0.222. The molecule has 7 nitrogen and oxygen atoms in total. The Kier molecular flexibility index (Phi) is 6.43. The van der Waals surface area contributed by atoms with Gasteiger partial charge in [-0.15, -0.1) is 0 Å². The van der Waals surface area contributed by atoms with Crippen molar-refractivity contribution in [2.45, 2.75) is 19.3 Å². The van der Waals surface area contributed by atoms with Crippen molar-refractivity contribution in [3.05, 3.63) is 71.9 Å². The van der Waals surface area contributed by atoms with Gasteiger partial charge in [0.1, 0.15) is 5.69 Å². The lowest BCUT2D eigenvalue weighted by molar-refractivity contribution is -0.123. The lowest BCUT2D eigenvalue weighted by Crippen LogP contribution is -2.39. The predicted molar refractivity (Wildman–Crippen MR) is 120 cm³/mol. The van der Waals surface area contributed by atoms with Gasteiger partial charge in [-0.05, 0) is 56.1 Å². The summed E-state index contributed by atoms with van der Waals surface area (Å²) in [6.07, 6.45) is 2.62. The highest BCUT2D eigenvalue weighted by Crippen LogP contribution is 2.19. The van der Waals surface area contributed by atoms with Crippen molar-refractivity contribution in [3.63, 3.8) is 0 Å². The van der Waals surface area contributed by atoms with E-state index in [2.05, 4.69) is 20.4 Å². The molecule has 3 aromatic rings. The van der Waals surface area contributed by atoms with Crippen LogP contribution in [0.3, 0.4) is 0 Å². The van der Waals surface area contributed by atoms with Gasteiger partial charge in [-0.25, -0.2) is 0 Å². The van der Waals surface area contributed by atoms with E-state index in [9.17, 15) is 9.59 Å². The van der Waals surface area contributed by atoms with Gasteiger partial charge in [0, 0.05) is 23.7 Å². The van der Waals surface area contributed by atoms with Crippen LogP contribution in [-0.4, -0.2) is 46.5 Å². The monoisotopic (exact) mass is 417 g/mol. The van der Waals surface area contributed by atoms with E-state index in [0.29, 0.717) is 5.69 Å². The smallest absolute Gasteiger partial charge is 0.273 e. The molecule has 160 valence electrons. The summed E-state index contributed by atoms with van der Waals surface area (Å²) in [5.41, 5.74) is 9.47.